The highest BCUT2D eigenvalue weighted by Crippen LogP contribution is 2.14. The molecule has 2 rings (SSSR count). The number of aliphatic hydroxyl groups is 1. The third kappa shape index (κ3) is 3.22. The van der Waals surface area contributed by atoms with Crippen LogP contribution in [-0.4, -0.2) is 21.8 Å². The van der Waals surface area contributed by atoms with Crippen LogP contribution in [0.5, 0.6) is 0 Å². The zero-order chi connectivity index (χ0) is 12.1. The molecule has 2 N–H and O–H groups in total. The third-order valence-electron chi connectivity index (χ3n) is 2.28. The molecule has 0 radical (unpaired) electrons. The van der Waals surface area contributed by atoms with E-state index in [2.05, 4.69) is 15.5 Å². The molecule has 0 saturated heterocycles. The Kier molecular flexibility index (Phi) is 3.62. The summed E-state index contributed by atoms with van der Waals surface area (Å²) >= 11 is 0. The molecule has 4 nitrogen and oxygen atoms in total. The van der Waals surface area contributed by atoms with Crippen molar-refractivity contribution >= 4 is 5.82 Å². The first-order valence-corrected chi connectivity index (χ1v) is 5.21. The molecule has 1 aromatic carbocycles. The predicted molar refractivity (Wildman–Crippen MR) is 61.9 cm³/mol. The Morgan fingerprint density at radius 1 is 1.29 bits per heavy atom. The molecule has 1 aromatic heterocycles. The molecule has 0 saturated carbocycles. The van der Waals surface area contributed by atoms with Crippen LogP contribution in [0.15, 0.2) is 42.6 Å². The first-order chi connectivity index (χ1) is 8.25. The molecule has 0 spiro atoms. The van der Waals surface area contributed by atoms with Gasteiger partial charge in [0.25, 0.3) is 0 Å². The monoisotopic (exact) mass is 233 g/mol. The average Bonchev–Trinajstić information content (AvgIpc) is 2.37. The second kappa shape index (κ2) is 5.36. The van der Waals surface area contributed by atoms with E-state index in [4.69, 9.17) is 0 Å². The van der Waals surface area contributed by atoms with Crippen LogP contribution in [-0.2, 0) is 0 Å². The van der Waals surface area contributed by atoms with Crippen LogP contribution >= 0.6 is 0 Å². The number of rotatable bonds is 4. The van der Waals surface area contributed by atoms with E-state index in [0.29, 0.717) is 11.4 Å². The number of benzene rings is 1. The summed E-state index contributed by atoms with van der Waals surface area (Å²) in [5.41, 5.74) is 0.529. The van der Waals surface area contributed by atoms with Crippen LogP contribution in [0.3, 0.4) is 0 Å². The molecule has 0 aliphatic rings. The molecular formula is C12H12FN3O. The van der Waals surface area contributed by atoms with Crippen molar-refractivity contribution in [1.82, 2.24) is 10.2 Å². The molecule has 0 aliphatic heterocycles. The molecule has 0 fully saturated rings. The van der Waals surface area contributed by atoms with Crippen LogP contribution in [0.4, 0.5) is 10.2 Å². The van der Waals surface area contributed by atoms with Crippen molar-refractivity contribution in [2.75, 3.05) is 11.9 Å². The number of nitrogens with zero attached hydrogens (tertiary/aromatic N) is 2. The Morgan fingerprint density at radius 3 is 2.88 bits per heavy atom. The molecule has 0 bridgehead atoms. The Morgan fingerprint density at radius 2 is 2.18 bits per heavy atom. The fourth-order valence-corrected chi connectivity index (χ4v) is 1.43. The minimum Gasteiger partial charge on any atom is -0.387 e. The zero-order valence-corrected chi connectivity index (χ0v) is 9.05. The van der Waals surface area contributed by atoms with Gasteiger partial charge in [0.15, 0.2) is 0 Å². The van der Waals surface area contributed by atoms with Gasteiger partial charge in [-0.3, -0.25) is 0 Å². The third-order valence-corrected chi connectivity index (χ3v) is 2.28. The summed E-state index contributed by atoms with van der Waals surface area (Å²) < 4.78 is 12.9. The number of halogens is 1. The highest BCUT2D eigenvalue weighted by molar-refractivity contribution is 5.32. The Hall–Kier alpha value is -2.01. The first kappa shape index (κ1) is 11.5. The van der Waals surface area contributed by atoms with Crippen molar-refractivity contribution in [3.8, 4) is 0 Å². The minimum absolute atomic E-state index is 0.252. The van der Waals surface area contributed by atoms with Gasteiger partial charge < -0.3 is 10.4 Å². The fraction of sp³-hybridized carbons (Fsp3) is 0.167. The molecule has 17 heavy (non-hydrogen) atoms. The van der Waals surface area contributed by atoms with Gasteiger partial charge in [0.1, 0.15) is 11.6 Å². The Labute approximate surface area is 98.1 Å². The number of nitrogens with one attached hydrogen (secondary N) is 1. The summed E-state index contributed by atoms with van der Waals surface area (Å²) in [5, 5.41) is 20.3. The van der Waals surface area contributed by atoms with Crippen LogP contribution in [0.25, 0.3) is 0 Å². The van der Waals surface area contributed by atoms with Crippen LogP contribution in [0, 0.1) is 5.82 Å². The lowest BCUT2D eigenvalue weighted by Gasteiger charge is -2.12. The fourth-order valence-electron chi connectivity index (χ4n) is 1.43. The van der Waals surface area contributed by atoms with E-state index in [0.717, 1.165) is 0 Å². The van der Waals surface area contributed by atoms with Gasteiger partial charge in [0.05, 0.1) is 6.10 Å². The zero-order valence-electron chi connectivity index (χ0n) is 9.05. The summed E-state index contributed by atoms with van der Waals surface area (Å²) in [4.78, 5) is 0. The predicted octanol–water partition coefficient (Wildman–Crippen LogP) is 1.76. The van der Waals surface area contributed by atoms with Gasteiger partial charge in [-0.1, -0.05) is 12.1 Å². The van der Waals surface area contributed by atoms with E-state index < -0.39 is 6.10 Å². The van der Waals surface area contributed by atoms with Gasteiger partial charge in [0.2, 0.25) is 0 Å². The quantitative estimate of drug-likeness (QED) is 0.844. The van der Waals surface area contributed by atoms with Crippen molar-refractivity contribution in [2.24, 2.45) is 0 Å². The Balaban J connectivity index is 1.96. The summed E-state index contributed by atoms with van der Waals surface area (Å²) in [6.07, 6.45) is 0.779. The second-order valence-electron chi connectivity index (χ2n) is 3.56. The standard InChI is InChI=1S/C12H12FN3O/c13-10-4-1-3-9(7-10)11(17)8-14-12-5-2-6-15-16-12/h1-7,11,17H,8H2,(H,14,16). The van der Waals surface area contributed by atoms with Gasteiger partial charge in [-0.05, 0) is 29.8 Å². The van der Waals surface area contributed by atoms with Crippen molar-refractivity contribution in [1.29, 1.82) is 0 Å². The Bertz CT molecular complexity index is 478. The highest BCUT2D eigenvalue weighted by atomic mass is 19.1. The molecule has 0 aliphatic carbocycles. The molecule has 1 heterocycles. The van der Waals surface area contributed by atoms with Gasteiger partial charge in [0, 0.05) is 12.7 Å². The van der Waals surface area contributed by atoms with Gasteiger partial charge >= 0.3 is 0 Å². The molecule has 0 amide bonds. The number of aliphatic hydroxyl groups excluding tert-OH is 1. The normalized spacial score (nSPS) is 12.1. The van der Waals surface area contributed by atoms with Crippen molar-refractivity contribution in [3.63, 3.8) is 0 Å². The number of aromatic nitrogens is 2. The summed E-state index contributed by atoms with van der Waals surface area (Å²) in [7, 11) is 0. The number of anilines is 1. The van der Waals surface area contributed by atoms with E-state index in [1.165, 1.54) is 12.1 Å². The highest BCUT2D eigenvalue weighted by Gasteiger charge is 2.08. The average molecular weight is 233 g/mol. The molecule has 88 valence electrons. The largest absolute Gasteiger partial charge is 0.387 e. The first-order valence-electron chi connectivity index (χ1n) is 5.21. The van der Waals surface area contributed by atoms with Crippen molar-refractivity contribution in [3.05, 3.63) is 54.0 Å². The lowest BCUT2D eigenvalue weighted by molar-refractivity contribution is 0.191. The van der Waals surface area contributed by atoms with Gasteiger partial charge in [-0.15, -0.1) is 5.10 Å². The maximum atomic E-state index is 12.9. The van der Waals surface area contributed by atoms with Crippen LogP contribution in [0.1, 0.15) is 11.7 Å². The topological polar surface area (TPSA) is 58.0 Å². The van der Waals surface area contributed by atoms with Crippen molar-refractivity contribution < 1.29 is 9.50 Å². The van der Waals surface area contributed by atoms with Crippen molar-refractivity contribution in [2.45, 2.75) is 6.10 Å². The van der Waals surface area contributed by atoms with E-state index in [1.54, 1.807) is 30.5 Å². The van der Waals surface area contributed by atoms with E-state index in [1.807, 2.05) is 0 Å². The number of hydrogen-bond donors (Lipinski definition) is 2. The molecular weight excluding hydrogens is 221 g/mol. The van der Waals surface area contributed by atoms with E-state index >= 15 is 0 Å². The summed E-state index contributed by atoms with van der Waals surface area (Å²) in [5.74, 6) is 0.212. The van der Waals surface area contributed by atoms with E-state index in [-0.39, 0.29) is 12.4 Å². The summed E-state index contributed by atoms with van der Waals surface area (Å²) in [6, 6.07) is 9.37. The van der Waals surface area contributed by atoms with Gasteiger partial charge in [-0.2, -0.15) is 5.10 Å². The molecule has 2 aromatic rings. The molecule has 1 atom stereocenters. The lowest BCUT2D eigenvalue weighted by Crippen LogP contribution is -2.13. The SMILES string of the molecule is OC(CNc1cccnn1)c1cccc(F)c1. The number of hydrogen-bond acceptors (Lipinski definition) is 4. The molecule has 5 heteroatoms. The van der Waals surface area contributed by atoms with Gasteiger partial charge in [-0.25, -0.2) is 4.39 Å². The maximum absolute atomic E-state index is 12.9. The van der Waals surface area contributed by atoms with Crippen LogP contribution in [0.2, 0.25) is 0 Å². The smallest absolute Gasteiger partial charge is 0.148 e. The lowest BCUT2D eigenvalue weighted by atomic mass is 10.1. The second-order valence-corrected chi connectivity index (χ2v) is 3.56. The molecule has 1 unspecified atom stereocenters. The van der Waals surface area contributed by atoms with E-state index in [9.17, 15) is 9.50 Å². The minimum atomic E-state index is -0.785. The summed E-state index contributed by atoms with van der Waals surface area (Å²) in [6.45, 7) is 0.252. The van der Waals surface area contributed by atoms with Crippen LogP contribution < -0.4 is 5.32 Å². The maximum Gasteiger partial charge on any atom is 0.148 e.